The van der Waals surface area contributed by atoms with E-state index < -0.39 is 35.8 Å². The van der Waals surface area contributed by atoms with Crippen LogP contribution in [0, 0.1) is 13.8 Å². The fraction of sp³-hybridized carbons (Fsp3) is 0.381. The van der Waals surface area contributed by atoms with Gasteiger partial charge in [0, 0.05) is 38.6 Å². The smallest absolute Gasteiger partial charge is 0.303 e. The van der Waals surface area contributed by atoms with Crippen LogP contribution in [-0.4, -0.2) is 89.4 Å². The maximum absolute atomic E-state index is 12.6. The van der Waals surface area contributed by atoms with Crippen molar-refractivity contribution < 1.29 is 43.4 Å². The number of ether oxygens (including phenoxy) is 1. The second kappa shape index (κ2) is 37.9. The van der Waals surface area contributed by atoms with E-state index in [1.54, 1.807) is 0 Å². The molecule has 6 N–H and O–H groups in total. The number of aryl methyl sites for hydroxylation is 2. The number of aliphatic carboxylic acids is 1. The van der Waals surface area contributed by atoms with E-state index >= 15 is 0 Å². The van der Waals surface area contributed by atoms with E-state index in [4.69, 9.17) is 15.6 Å². The highest BCUT2D eigenvalue weighted by Gasteiger charge is 2.34. The van der Waals surface area contributed by atoms with Crippen molar-refractivity contribution in [1.82, 2.24) is 20.9 Å². The lowest BCUT2D eigenvalue weighted by Crippen LogP contribution is -2.49. The number of rotatable bonds is 10. The van der Waals surface area contributed by atoms with Gasteiger partial charge in [0.05, 0.1) is 19.1 Å². The number of amides is 4. The Morgan fingerprint density at radius 2 is 1.27 bits per heavy atom. The van der Waals surface area contributed by atoms with Gasteiger partial charge in [-0.3, -0.25) is 33.6 Å². The molecule has 5 aromatic rings. The molecule has 2 saturated heterocycles. The summed E-state index contributed by atoms with van der Waals surface area (Å²) < 4.78 is 5.65. The zero-order valence-corrected chi connectivity index (χ0v) is 45.6. The molecule has 2 atom stereocenters. The largest absolute Gasteiger partial charge is 0.489 e. The Kier molecular flexibility index (Phi) is 31.3. The SMILES string of the molecule is CC1=CCc2ccccc21.CCCCCC1NC(=O)CCC(=O)CNC(=O)C2CCCN2C(=O)CNC(=O)CCC1=O.Cc1ccc(OCc2ccccc2)cc1.Cc1ccccc1.NCCCC(=O)O.c1ccccc1. The number of benzene rings is 5. The van der Waals surface area contributed by atoms with E-state index in [0.717, 1.165) is 31.4 Å². The Bertz CT molecular complexity index is 2530. The lowest BCUT2D eigenvalue weighted by atomic mass is 10.0. The number of carboxylic acid groups (broad SMARTS) is 1. The topological polar surface area (TPSA) is 214 Å². The minimum atomic E-state index is -0.773. The standard InChI is InChI=1S/C22H34N4O6.C14H14O.C10H10.C7H8.C6H6.C4H9NO2/c1-2-3-4-6-16-18(28)9-11-19(29)23-14-21(31)26-12-5-7-17(26)22(32)24-13-15(27)8-10-20(30)25-16;1-12-7-9-14(10-8-12)15-11-13-5-3-2-4-6-13;1-8-6-7-9-4-2-3-5-10(8)9;1-7-5-3-2-4-6-7;1-2-4-6-5-3-1;5-3-1-2-4(6)7/h16-17H,2-14H2,1H3,(H,23,29)(H,24,32)(H,25,30);2-10H,11H2,1H3;2-6H,7H2,1H3;2-6H,1H3;1-6H;1-3,5H2,(H,6,7). The van der Waals surface area contributed by atoms with Crippen LogP contribution in [0.4, 0.5) is 0 Å². The van der Waals surface area contributed by atoms with Gasteiger partial charge < -0.3 is 36.4 Å². The summed E-state index contributed by atoms with van der Waals surface area (Å²) in [4.78, 5) is 85.3. The zero-order valence-electron chi connectivity index (χ0n) is 45.6. The van der Waals surface area contributed by atoms with E-state index in [0.29, 0.717) is 45.4 Å². The summed E-state index contributed by atoms with van der Waals surface area (Å²) >= 11 is 0. The quantitative estimate of drug-likeness (QED) is 0.0835. The molecule has 412 valence electrons. The number of Topliss-reactive ketones (excluding diaryl/α,β-unsaturated/α-hetero) is 2. The molecule has 3 aliphatic rings. The summed E-state index contributed by atoms with van der Waals surface area (Å²) in [7, 11) is 0. The molecule has 8 rings (SSSR count). The first-order valence-corrected chi connectivity index (χ1v) is 26.8. The van der Waals surface area contributed by atoms with Crippen molar-refractivity contribution in [2.75, 3.05) is 26.2 Å². The lowest BCUT2D eigenvalue weighted by molar-refractivity contribution is -0.139. The van der Waals surface area contributed by atoms with Crippen LogP contribution in [0.1, 0.15) is 119 Å². The molecule has 2 aliphatic heterocycles. The van der Waals surface area contributed by atoms with Crippen LogP contribution in [0.3, 0.4) is 0 Å². The molecule has 0 bridgehead atoms. The lowest BCUT2D eigenvalue weighted by Gasteiger charge is -2.24. The summed E-state index contributed by atoms with van der Waals surface area (Å²) in [6.07, 6.45) is 8.14. The fourth-order valence-electron chi connectivity index (χ4n) is 7.94. The van der Waals surface area contributed by atoms with Crippen molar-refractivity contribution in [3.63, 3.8) is 0 Å². The van der Waals surface area contributed by atoms with Gasteiger partial charge in [0.1, 0.15) is 18.4 Å². The van der Waals surface area contributed by atoms with Crippen molar-refractivity contribution in [1.29, 1.82) is 0 Å². The van der Waals surface area contributed by atoms with Crippen LogP contribution in [0.15, 0.2) is 152 Å². The number of allylic oxidation sites excluding steroid dienone is 2. The molecule has 0 spiro atoms. The van der Waals surface area contributed by atoms with Gasteiger partial charge in [-0.25, -0.2) is 0 Å². The molecular weight excluding hydrogens is 971 g/mol. The first-order chi connectivity index (χ1) is 37.2. The third-order valence-electron chi connectivity index (χ3n) is 12.4. The minimum Gasteiger partial charge on any atom is -0.489 e. The Hall–Kier alpha value is -7.71. The normalized spacial score (nSPS) is 16.4. The predicted molar refractivity (Wildman–Crippen MR) is 305 cm³/mol. The van der Waals surface area contributed by atoms with E-state index in [1.807, 2.05) is 91.9 Å². The second-order valence-electron chi connectivity index (χ2n) is 18.8. The highest BCUT2D eigenvalue weighted by molar-refractivity contribution is 5.95. The molecule has 77 heavy (non-hydrogen) atoms. The summed E-state index contributed by atoms with van der Waals surface area (Å²) in [6, 6.07) is 47.7. The van der Waals surface area contributed by atoms with Crippen molar-refractivity contribution in [3.05, 3.63) is 179 Å². The van der Waals surface area contributed by atoms with Gasteiger partial charge in [-0.2, -0.15) is 0 Å². The molecule has 2 heterocycles. The van der Waals surface area contributed by atoms with Gasteiger partial charge in [-0.15, -0.1) is 0 Å². The number of hydrogen-bond donors (Lipinski definition) is 5. The van der Waals surface area contributed by atoms with Gasteiger partial charge in [0.2, 0.25) is 23.6 Å². The van der Waals surface area contributed by atoms with E-state index in [-0.39, 0.29) is 62.7 Å². The van der Waals surface area contributed by atoms with Crippen molar-refractivity contribution >= 4 is 46.7 Å². The summed E-state index contributed by atoms with van der Waals surface area (Å²) in [6.45, 7) is 9.37. The van der Waals surface area contributed by atoms with Crippen LogP contribution < -0.4 is 26.4 Å². The Morgan fingerprint density at radius 3 is 1.86 bits per heavy atom. The number of hydrogen-bond acceptors (Lipinski definition) is 9. The number of fused-ring (bicyclic) bond motifs is 2. The molecule has 0 aromatic heterocycles. The van der Waals surface area contributed by atoms with Gasteiger partial charge in [0.25, 0.3) is 0 Å². The summed E-state index contributed by atoms with van der Waals surface area (Å²) in [5.41, 5.74) is 13.1. The van der Waals surface area contributed by atoms with Gasteiger partial charge in [0.15, 0.2) is 11.6 Å². The number of carbonyl (C=O) groups is 7. The average Bonchev–Trinajstić information content (AvgIpc) is 4.11. The number of nitrogens with zero attached hydrogens (tertiary/aromatic N) is 1. The average molecular weight is 1050 g/mol. The monoisotopic (exact) mass is 1050 g/mol. The van der Waals surface area contributed by atoms with Crippen LogP contribution in [0.2, 0.25) is 0 Å². The predicted octanol–water partition coefficient (Wildman–Crippen LogP) is 9.70. The van der Waals surface area contributed by atoms with Crippen LogP contribution in [0.25, 0.3) is 5.57 Å². The summed E-state index contributed by atoms with van der Waals surface area (Å²) in [5.74, 6) is -2.02. The first-order valence-electron chi connectivity index (χ1n) is 26.8. The Labute approximate surface area is 456 Å². The van der Waals surface area contributed by atoms with Crippen LogP contribution >= 0.6 is 0 Å². The number of nitrogens with one attached hydrogen (secondary N) is 3. The number of ketones is 2. The molecule has 2 unspecified atom stereocenters. The Balaban J connectivity index is 0.000000282. The maximum Gasteiger partial charge on any atom is 0.303 e. The van der Waals surface area contributed by atoms with E-state index in [1.165, 1.54) is 38.3 Å². The number of nitrogens with two attached hydrogens (primary N) is 1. The molecule has 0 saturated carbocycles. The van der Waals surface area contributed by atoms with Gasteiger partial charge in [-0.1, -0.05) is 177 Å². The minimum absolute atomic E-state index is 0.0508. The molecule has 1 aliphatic carbocycles. The van der Waals surface area contributed by atoms with E-state index in [2.05, 4.69) is 103 Å². The highest BCUT2D eigenvalue weighted by Crippen LogP contribution is 2.26. The second-order valence-corrected chi connectivity index (χ2v) is 18.8. The molecule has 2 fully saturated rings. The summed E-state index contributed by atoms with van der Waals surface area (Å²) in [5, 5.41) is 15.7. The van der Waals surface area contributed by atoms with Gasteiger partial charge in [-0.05, 0) is 93.8 Å². The molecule has 4 amide bonds. The number of carboxylic acids is 1. The molecule has 14 heteroatoms. The molecule has 14 nitrogen and oxygen atoms in total. The highest BCUT2D eigenvalue weighted by atomic mass is 16.5. The molecule has 5 aromatic carbocycles. The van der Waals surface area contributed by atoms with Crippen molar-refractivity contribution in [3.8, 4) is 5.75 Å². The third kappa shape index (κ3) is 27.6. The third-order valence-corrected chi connectivity index (χ3v) is 12.4. The first kappa shape index (κ1) is 63.6. The maximum atomic E-state index is 12.6. The van der Waals surface area contributed by atoms with Crippen LogP contribution in [-0.2, 0) is 46.6 Å². The van der Waals surface area contributed by atoms with Crippen molar-refractivity contribution in [2.24, 2.45) is 5.73 Å². The fourth-order valence-corrected chi connectivity index (χ4v) is 7.94. The zero-order chi connectivity index (χ0) is 56.0. The molecule has 0 radical (unpaired) electrons. The van der Waals surface area contributed by atoms with Gasteiger partial charge >= 0.3 is 5.97 Å². The van der Waals surface area contributed by atoms with Crippen LogP contribution in [0.5, 0.6) is 5.75 Å². The van der Waals surface area contributed by atoms with E-state index in [9.17, 15) is 33.6 Å². The van der Waals surface area contributed by atoms with Crippen molar-refractivity contribution in [2.45, 2.75) is 130 Å². The number of unbranched alkanes of at least 4 members (excludes halogenated alkanes) is 2. The molecular formula is C63H81N5O9. The Morgan fingerprint density at radius 1 is 0.675 bits per heavy atom. The number of carbonyl (C=O) groups excluding carboxylic acids is 6.